The summed E-state index contributed by atoms with van der Waals surface area (Å²) in [5.41, 5.74) is 9.86. The van der Waals surface area contributed by atoms with Gasteiger partial charge in [0.25, 0.3) is 0 Å². The summed E-state index contributed by atoms with van der Waals surface area (Å²) < 4.78 is 0. The molecule has 4 rings (SSSR count). The third kappa shape index (κ3) is 1.73. The maximum atomic E-state index is 5.97. The van der Waals surface area contributed by atoms with Crippen LogP contribution in [-0.2, 0) is 0 Å². The van der Waals surface area contributed by atoms with Crippen molar-refractivity contribution in [2.75, 3.05) is 5.73 Å². The second kappa shape index (κ2) is 4.28. The molecular weight excluding hydrogens is 266 g/mol. The number of benzene rings is 1. The SMILES string of the molecule is Nc1csc2ncc(-c3cnc4ccccc4c3)cc12. The molecular formula is C16H11N3S. The molecule has 0 aliphatic carbocycles. The predicted octanol–water partition coefficient (Wildman–Crippen LogP) is 4.09. The second-order valence-corrected chi connectivity index (χ2v) is 5.54. The summed E-state index contributed by atoms with van der Waals surface area (Å²) in [6.45, 7) is 0. The van der Waals surface area contributed by atoms with Crippen molar-refractivity contribution in [2.24, 2.45) is 0 Å². The zero-order chi connectivity index (χ0) is 13.5. The van der Waals surface area contributed by atoms with Gasteiger partial charge in [-0.2, -0.15) is 0 Å². The van der Waals surface area contributed by atoms with Crippen LogP contribution in [0.4, 0.5) is 5.69 Å². The highest BCUT2D eigenvalue weighted by Crippen LogP contribution is 2.30. The first kappa shape index (κ1) is 11.4. The first-order valence-corrected chi connectivity index (χ1v) is 7.17. The Morgan fingerprint density at radius 2 is 1.75 bits per heavy atom. The van der Waals surface area contributed by atoms with Crippen molar-refractivity contribution in [1.82, 2.24) is 9.97 Å². The van der Waals surface area contributed by atoms with Gasteiger partial charge in [0, 0.05) is 39.7 Å². The molecule has 0 unspecified atom stereocenters. The van der Waals surface area contributed by atoms with Crippen LogP contribution in [0.3, 0.4) is 0 Å². The highest BCUT2D eigenvalue weighted by atomic mass is 32.1. The van der Waals surface area contributed by atoms with E-state index in [-0.39, 0.29) is 0 Å². The number of para-hydroxylation sites is 1. The molecule has 3 aromatic heterocycles. The van der Waals surface area contributed by atoms with E-state index in [1.165, 1.54) is 0 Å². The minimum absolute atomic E-state index is 0.785. The molecule has 3 heterocycles. The van der Waals surface area contributed by atoms with Crippen molar-refractivity contribution >= 4 is 38.1 Å². The standard InChI is InChI=1S/C16H11N3S/c17-14-9-20-16-13(14)6-12(8-19-16)11-5-10-3-1-2-4-15(10)18-7-11/h1-9H,17H2. The van der Waals surface area contributed by atoms with E-state index >= 15 is 0 Å². The number of aromatic nitrogens is 2. The Kier molecular flexibility index (Phi) is 2.44. The van der Waals surface area contributed by atoms with Gasteiger partial charge in [-0.25, -0.2) is 4.98 Å². The van der Waals surface area contributed by atoms with Gasteiger partial charge >= 0.3 is 0 Å². The molecule has 0 amide bonds. The highest BCUT2D eigenvalue weighted by Gasteiger charge is 2.06. The number of hydrogen-bond donors (Lipinski definition) is 1. The fourth-order valence-electron chi connectivity index (χ4n) is 2.32. The van der Waals surface area contributed by atoms with Crippen LogP contribution in [-0.4, -0.2) is 9.97 Å². The van der Waals surface area contributed by atoms with Crippen LogP contribution >= 0.6 is 11.3 Å². The predicted molar refractivity (Wildman–Crippen MR) is 84.8 cm³/mol. The van der Waals surface area contributed by atoms with Crippen molar-refractivity contribution in [3.63, 3.8) is 0 Å². The van der Waals surface area contributed by atoms with Gasteiger partial charge in [0.2, 0.25) is 0 Å². The molecule has 20 heavy (non-hydrogen) atoms. The number of rotatable bonds is 1. The average molecular weight is 277 g/mol. The zero-order valence-corrected chi connectivity index (χ0v) is 11.4. The fourth-order valence-corrected chi connectivity index (χ4v) is 3.11. The molecule has 4 heteroatoms. The lowest BCUT2D eigenvalue weighted by atomic mass is 10.1. The first-order chi connectivity index (χ1) is 9.81. The van der Waals surface area contributed by atoms with E-state index in [4.69, 9.17) is 5.73 Å². The summed E-state index contributed by atoms with van der Waals surface area (Å²) in [7, 11) is 0. The highest BCUT2D eigenvalue weighted by molar-refractivity contribution is 7.17. The number of nitrogen functional groups attached to an aromatic ring is 1. The van der Waals surface area contributed by atoms with Crippen LogP contribution in [0.15, 0.2) is 54.2 Å². The van der Waals surface area contributed by atoms with E-state index in [0.29, 0.717) is 0 Å². The van der Waals surface area contributed by atoms with Gasteiger partial charge in [0.1, 0.15) is 4.83 Å². The lowest BCUT2D eigenvalue weighted by molar-refractivity contribution is 1.39. The van der Waals surface area contributed by atoms with Crippen LogP contribution in [0.1, 0.15) is 0 Å². The van der Waals surface area contributed by atoms with Gasteiger partial charge in [0.05, 0.1) is 11.2 Å². The molecule has 0 fully saturated rings. The third-order valence-corrected chi connectivity index (χ3v) is 4.30. The molecule has 0 spiro atoms. The molecule has 4 aromatic rings. The van der Waals surface area contributed by atoms with E-state index in [1.807, 2.05) is 36.0 Å². The number of thiophene rings is 1. The lowest BCUT2D eigenvalue weighted by Crippen LogP contribution is -1.86. The number of nitrogens with two attached hydrogens (primary N) is 1. The van der Waals surface area contributed by atoms with E-state index in [2.05, 4.69) is 28.2 Å². The Hall–Kier alpha value is -2.46. The number of anilines is 1. The molecule has 0 saturated carbocycles. The minimum atomic E-state index is 0.785. The molecule has 1 aromatic carbocycles. The summed E-state index contributed by atoms with van der Waals surface area (Å²) in [5.74, 6) is 0. The van der Waals surface area contributed by atoms with Crippen molar-refractivity contribution in [1.29, 1.82) is 0 Å². The smallest absolute Gasteiger partial charge is 0.125 e. The second-order valence-electron chi connectivity index (χ2n) is 4.68. The largest absolute Gasteiger partial charge is 0.398 e. The average Bonchev–Trinajstić information content (AvgIpc) is 2.88. The molecule has 3 nitrogen and oxygen atoms in total. The van der Waals surface area contributed by atoms with Crippen molar-refractivity contribution < 1.29 is 0 Å². The monoisotopic (exact) mass is 277 g/mol. The Bertz CT molecular complexity index is 927. The molecule has 96 valence electrons. The van der Waals surface area contributed by atoms with Crippen molar-refractivity contribution in [2.45, 2.75) is 0 Å². The first-order valence-electron chi connectivity index (χ1n) is 6.29. The van der Waals surface area contributed by atoms with Crippen LogP contribution in [0.25, 0.3) is 32.2 Å². The summed E-state index contributed by atoms with van der Waals surface area (Å²) in [6, 6.07) is 12.3. The maximum absolute atomic E-state index is 5.97. The number of pyridine rings is 2. The summed E-state index contributed by atoms with van der Waals surface area (Å²) in [4.78, 5) is 9.93. The van der Waals surface area contributed by atoms with Gasteiger partial charge in [-0.05, 0) is 18.2 Å². The van der Waals surface area contributed by atoms with Crippen LogP contribution in [0.5, 0.6) is 0 Å². The van der Waals surface area contributed by atoms with E-state index < -0.39 is 0 Å². The molecule has 0 aliphatic heterocycles. The van der Waals surface area contributed by atoms with E-state index in [9.17, 15) is 0 Å². The van der Waals surface area contributed by atoms with Gasteiger partial charge < -0.3 is 5.73 Å². The van der Waals surface area contributed by atoms with Crippen molar-refractivity contribution in [3.8, 4) is 11.1 Å². The van der Waals surface area contributed by atoms with Crippen molar-refractivity contribution in [3.05, 3.63) is 54.2 Å². The molecule has 0 bridgehead atoms. The number of hydrogen-bond acceptors (Lipinski definition) is 4. The summed E-state index contributed by atoms with van der Waals surface area (Å²) in [6.07, 6.45) is 3.76. The molecule has 0 atom stereocenters. The van der Waals surface area contributed by atoms with Gasteiger partial charge in [-0.3, -0.25) is 4.98 Å². The Balaban J connectivity index is 1.93. The maximum Gasteiger partial charge on any atom is 0.125 e. The number of nitrogens with zero attached hydrogens (tertiary/aromatic N) is 2. The van der Waals surface area contributed by atoms with Gasteiger partial charge in [-0.1, -0.05) is 18.2 Å². The summed E-state index contributed by atoms with van der Waals surface area (Å²) >= 11 is 1.57. The Morgan fingerprint density at radius 3 is 2.70 bits per heavy atom. The van der Waals surface area contributed by atoms with Gasteiger partial charge in [0.15, 0.2) is 0 Å². The zero-order valence-electron chi connectivity index (χ0n) is 10.6. The minimum Gasteiger partial charge on any atom is -0.398 e. The van der Waals surface area contributed by atoms with E-state index in [0.717, 1.165) is 37.9 Å². The normalized spacial score (nSPS) is 11.2. The number of fused-ring (bicyclic) bond motifs is 2. The molecule has 0 aliphatic rings. The third-order valence-electron chi connectivity index (χ3n) is 3.38. The summed E-state index contributed by atoms with van der Waals surface area (Å²) in [5, 5.41) is 4.07. The Labute approximate surface area is 119 Å². The molecule has 2 N–H and O–H groups in total. The topological polar surface area (TPSA) is 51.8 Å². The van der Waals surface area contributed by atoms with Gasteiger partial charge in [-0.15, -0.1) is 11.3 Å². The van der Waals surface area contributed by atoms with E-state index in [1.54, 1.807) is 11.3 Å². The lowest BCUT2D eigenvalue weighted by Gasteiger charge is -2.03. The van der Waals surface area contributed by atoms with Crippen LogP contribution < -0.4 is 5.73 Å². The van der Waals surface area contributed by atoms with Crippen LogP contribution in [0.2, 0.25) is 0 Å². The fraction of sp³-hybridized carbons (Fsp3) is 0. The molecule has 0 radical (unpaired) electrons. The van der Waals surface area contributed by atoms with Crippen LogP contribution in [0, 0.1) is 0 Å². The molecule has 0 saturated heterocycles. The Morgan fingerprint density at radius 1 is 0.950 bits per heavy atom. The quantitative estimate of drug-likeness (QED) is 0.570.